The summed E-state index contributed by atoms with van der Waals surface area (Å²) in [6, 6.07) is 9.00. The molecular formula is C23H28N4O2S. The van der Waals surface area contributed by atoms with E-state index in [2.05, 4.69) is 20.4 Å². The van der Waals surface area contributed by atoms with Crippen LogP contribution in [0.3, 0.4) is 0 Å². The molecule has 30 heavy (non-hydrogen) atoms. The zero-order valence-corrected chi connectivity index (χ0v) is 18.3. The molecule has 0 spiro atoms. The molecule has 0 amide bonds. The Morgan fingerprint density at radius 1 is 1.23 bits per heavy atom. The number of anilines is 1. The van der Waals surface area contributed by atoms with E-state index in [1.54, 1.807) is 11.3 Å². The fraction of sp³-hybridized carbons (Fsp3) is 0.478. The minimum Gasteiger partial charge on any atom is -0.507 e. The first kappa shape index (κ1) is 19.7. The first-order valence-corrected chi connectivity index (χ1v) is 11.6. The number of fused-ring (bicyclic) bond motifs is 1. The van der Waals surface area contributed by atoms with Gasteiger partial charge in [0.2, 0.25) is 0 Å². The number of methoxy groups -OCH3 is 1. The van der Waals surface area contributed by atoms with Gasteiger partial charge in [0.05, 0.1) is 11.8 Å². The highest BCUT2D eigenvalue weighted by atomic mass is 32.1. The van der Waals surface area contributed by atoms with Gasteiger partial charge >= 0.3 is 0 Å². The molecule has 1 aliphatic heterocycles. The van der Waals surface area contributed by atoms with Crippen molar-refractivity contribution in [3.8, 4) is 17.0 Å². The summed E-state index contributed by atoms with van der Waals surface area (Å²) in [5.74, 6) is 1.09. The summed E-state index contributed by atoms with van der Waals surface area (Å²) in [6.45, 7) is 4.24. The number of ether oxygens (including phenoxy) is 1. The molecule has 158 valence electrons. The normalized spacial score (nSPS) is 24.7. The van der Waals surface area contributed by atoms with E-state index in [9.17, 15) is 5.11 Å². The number of nitrogens with zero attached hydrogens (tertiary/aromatic N) is 3. The summed E-state index contributed by atoms with van der Waals surface area (Å²) in [7, 11) is 1.81. The molecule has 2 aromatic heterocycles. The van der Waals surface area contributed by atoms with Crippen molar-refractivity contribution in [2.24, 2.45) is 0 Å². The van der Waals surface area contributed by atoms with Crippen LogP contribution in [-0.4, -0.2) is 58.6 Å². The second-order valence-electron chi connectivity index (χ2n) is 8.52. The average molecular weight is 425 g/mol. The number of piperidine rings is 1. The summed E-state index contributed by atoms with van der Waals surface area (Å²) in [6.07, 6.45) is 5.08. The molecule has 2 aliphatic rings. The predicted octanol–water partition coefficient (Wildman–Crippen LogP) is 4.43. The number of hydrogen-bond acceptors (Lipinski definition) is 7. The van der Waals surface area contributed by atoms with Crippen LogP contribution in [0.25, 0.3) is 21.3 Å². The second-order valence-corrected chi connectivity index (χ2v) is 9.46. The summed E-state index contributed by atoms with van der Waals surface area (Å²) < 4.78 is 6.51. The Balaban J connectivity index is 1.29. The number of aromatic nitrogens is 2. The molecule has 3 aromatic rings. The lowest BCUT2D eigenvalue weighted by molar-refractivity contribution is -0.0333. The molecule has 2 fully saturated rings. The molecule has 0 unspecified atom stereocenters. The van der Waals surface area contributed by atoms with Gasteiger partial charge in [-0.3, -0.25) is 4.90 Å². The SMILES string of the molecule is COC1CC(N2CCC[C@H](Nc3cc(C)c(-c4ccc5sccc5c4O)nn3)C2)C1. The van der Waals surface area contributed by atoms with Gasteiger partial charge in [-0.2, -0.15) is 0 Å². The number of benzene rings is 1. The van der Waals surface area contributed by atoms with Crippen molar-refractivity contribution in [2.45, 2.75) is 50.8 Å². The highest BCUT2D eigenvalue weighted by molar-refractivity contribution is 7.17. The lowest BCUT2D eigenvalue weighted by Gasteiger charge is -2.45. The van der Waals surface area contributed by atoms with Gasteiger partial charge in [-0.05, 0) is 74.4 Å². The van der Waals surface area contributed by atoms with Crippen LogP contribution in [0.15, 0.2) is 29.6 Å². The van der Waals surface area contributed by atoms with Gasteiger partial charge in [0.1, 0.15) is 11.6 Å². The number of hydrogen-bond donors (Lipinski definition) is 2. The van der Waals surface area contributed by atoms with E-state index >= 15 is 0 Å². The standard InChI is InChI=1S/C23H28N4O2S/c1-14-10-21(24-15-4-3-8-27(13-15)16-11-17(12-16)29-2)25-26-22(14)19-5-6-20-18(23(19)28)7-9-30-20/h5-7,9-10,15-17,28H,3-4,8,11-13H2,1-2H3,(H,24,25)/t15-,16?,17?/m0/s1. The van der Waals surface area contributed by atoms with Gasteiger partial charge in [-0.15, -0.1) is 21.5 Å². The highest BCUT2D eigenvalue weighted by Crippen LogP contribution is 2.38. The van der Waals surface area contributed by atoms with E-state index in [0.717, 1.165) is 58.5 Å². The molecule has 3 heterocycles. The Bertz CT molecular complexity index is 1050. The maximum absolute atomic E-state index is 10.7. The Hall–Kier alpha value is -2.22. The smallest absolute Gasteiger partial charge is 0.149 e. The van der Waals surface area contributed by atoms with Gasteiger partial charge < -0.3 is 15.2 Å². The third-order valence-corrected chi connectivity index (χ3v) is 7.45. The predicted molar refractivity (Wildman–Crippen MR) is 121 cm³/mol. The highest BCUT2D eigenvalue weighted by Gasteiger charge is 2.35. The van der Waals surface area contributed by atoms with E-state index in [1.807, 2.05) is 43.7 Å². The molecule has 1 atom stereocenters. The first-order chi connectivity index (χ1) is 14.6. The third kappa shape index (κ3) is 3.66. The molecule has 1 saturated heterocycles. The van der Waals surface area contributed by atoms with Crippen molar-refractivity contribution in [1.29, 1.82) is 0 Å². The van der Waals surface area contributed by atoms with E-state index in [-0.39, 0.29) is 5.75 Å². The average Bonchev–Trinajstić information content (AvgIpc) is 3.18. The zero-order chi connectivity index (χ0) is 20.7. The lowest BCUT2D eigenvalue weighted by atomic mass is 9.86. The minimum atomic E-state index is 0.282. The monoisotopic (exact) mass is 424 g/mol. The summed E-state index contributed by atoms with van der Waals surface area (Å²) >= 11 is 1.62. The Morgan fingerprint density at radius 2 is 2.10 bits per heavy atom. The fourth-order valence-electron chi connectivity index (χ4n) is 4.74. The largest absolute Gasteiger partial charge is 0.507 e. The number of phenolic OH excluding ortho intramolecular Hbond substituents is 1. The molecule has 2 N–H and O–H groups in total. The molecule has 1 aliphatic carbocycles. The Kier molecular flexibility index (Phi) is 5.35. The molecule has 0 bridgehead atoms. The van der Waals surface area contributed by atoms with Crippen LogP contribution >= 0.6 is 11.3 Å². The Labute approximate surface area is 180 Å². The number of aromatic hydroxyl groups is 1. The molecule has 7 heteroatoms. The summed E-state index contributed by atoms with van der Waals surface area (Å²) in [5, 5.41) is 26.1. The van der Waals surface area contributed by atoms with Crippen molar-refractivity contribution < 1.29 is 9.84 Å². The van der Waals surface area contributed by atoms with E-state index < -0.39 is 0 Å². The van der Waals surface area contributed by atoms with Gasteiger partial charge in [0.15, 0.2) is 0 Å². The van der Waals surface area contributed by atoms with Gasteiger partial charge in [-0.25, -0.2) is 0 Å². The van der Waals surface area contributed by atoms with Crippen molar-refractivity contribution >= 4 is 27.2 Å². The number of aryl methyl sites for hydroxylation is 1. The maximum Gasteiger partial charge on any atom is 0.149 e. The molecule has 5 rings (SSSR count). The van der Waals surface area contributed by atoms with Crippen molar-refractivity contribution in [3.05, 3.63) is 35.2 Å². The minimum absolute atomic E-state index is 0.282. The van der Waals surface area contributed by atoms with Crippen LogP contribution in [0.2, 0.25) is 0 Å². The number of phenols is 1. The van der Waals surface area contributed by atoms with Crippen LogP contribution in [0.5, 0.6) is 5.75 Å². The van der Waals surface area contributed by atoms with E-state index in [4.69, 9.17) is 4.74 Å². The van der Waals surface area contributed by atoms with Gasteiger partial charge in [0.25, 0.3) is 0 Å². The van der Waals surface area contributed by atoms with Crippen LogP contribution in [0, 0.1) is 6.92 Å². The quantitative estimate of drug-likeness (QED) is 0.632. The second kappa shape index (κ2) is 8.13. The molecule has 0 radical (unpaired) electrons. The van der Waals surface area contributed by atoms with Crippen LogP contribution < -0.4 is 5.32 Å². The van der Waals surface area contributed by atoms with E-state index in [1.165, 1.54) is 13.0 Å². The van der Waals surface area contributed by atoms with Gasteiger partial charge in [0, 0.05) is 41.4 Å². The Morgan fingerprint density at radius 3 is 2.90 bits per heavy atom. The molecule has 1 saturated carbocycles. The summed E-state index contributed by atoms with van der Waals surface area (Å²) in [4.78, 5) is 2.60. The van der Waals surface area contributed by atoms with Crippen LogP contribution in [0.4, 0.5) is 5.82 Å². The number of likely N-dealkylation sites (tertiary alicyclic amines) is 1. The number of thiophene rings is 1. The van der Waals surface area contributed by atoms with Crippen LogP contribution in [0.1, 0.15) is 31.2 Å². The number of rotatable bonds is 5. The lowest BCUT2D eigenvalue weighted by Crippen LogP contribution is -2.53. The molecule has 6 nitrogen and oxygen atoms in total. The maximum atomic E-state index is 10.7. The summed E-state index contributed by atoms with van der Waals surface area (Å²) in [5.41, 5.74) is 2.47. The van der Waals surface area contributed by atoms with Crippen molar-refractivity contribution in [2.75, 3.05) is 25.5 Å². The third-order valence-electron chi connectivity index (χ3n) is 6.57. The van der Waals surface area contributed by atoms with Crippen molar-refractivity contribution in [1.82, 2.24) is 15.1 Å². The van der Waals surface area contributed by atoms with Gasteiger partial charge in [-0.1, -0.05) is 0 Å². The van der Waals surface area contributed by atoms with E-state index in [0.29, 0.717) is 18.2 Å². The molecule has 1 aromatic carbocycles. The first-order valence-electron chi connectivity index (χ1n) is 10.7. The zero-order valence-electron chi connectivity index (χ0n) is 17.5. The number of nitrogens with one attached hydrogen (secondary N) is 1. The fourth-order valence-corrected chi connectivity index (χ4v) is 5.52. The molecular weight excluding hydrogens is 396 g/mol. The topological polar surface area (TPSA) is 70.5 Å². The van der Waals surface area contributed by atoms with Crippen LogP contribution in [-0.2, 0) is 4.74 Å². The van der Waals surface area contributed by atoms with Crippen molar-refractivity contribution in [3.63, 3.8) is 0 Å².